The smallest absolute Gasteiger partial charge is 0.191 e. The van der Waals surface area contributed by atoms with Gasteiger partial charge in [-0.2, -0.15) is 0 Å². The molecule has 2 aliphatic rings. The van der Waals surface area contributed by atoms with Gasteiger partial charge in [-0.3, -0.25) is 0 Å². The van der Waals surface area contributed by atoms with Crippen molar-refractivity contribution in [3.8, 4) is 0 Å². The van der Waals surface area contributed by atoms with Crippen LogP contribution >= 0.6 is 0 Å². The topological polar surface area (TPSA) is 54.9 Å². The summed E-state index contributed by atoms with van der Waals surface area (Å²) in [7, 11) is 0. The molecule has 2 fully saturated rings. The molecule has 2 saturated heterocycles. The number of hydrogen-bond acceptors (Lipinski definition) is 3. The maximum Gasteiger partial charge on any atom is 0.191 e. The van der Waals surface area contributed by atoms with Crippen molar-refractivity contribution >= 4 is 5.96 Å². The van der Waals surface area contributed by atoms with Gasteiger partial charge in [0.15, 0.2) is 5.96 Å². The lowest BCUT2D eigenvalue weighted by atomic mass is 9.96. The third-order valence-corrected chi connectivity index (χ3v) is 5.60. The molecule has 0 radical (unpaired) electrons. The van der Waals surface area contributed by atoms with Gasteiger partial charge in [-0.05, 0) is 42.9 Å². The van der Waals surface area contributed by atoms with Gasteiger partial charge in [0.1, 0.15) is 0 Å². The number of benzene rings is 2. The number of aliphatic imine (C=N–C) groups is 1. The highest BCUT2D eigenvalue weighted by Crippen LogP contribution is 2.34. The zero-order valence-electron chi connectivity index (χ0n) is 17.1. The van der Waals surface area contributed by atoms with Gasteiger partial charge < -0.3 is 20.1 Å². The van der Waals surface area contributed by atoms with Gasteiger partial charge in [-0.1, -0.05) is 54.6 Å². The van der Waals surface area contributed by atoms with Crippen molar-refractivity contribution < 1.29 is 9.47 Å². The monoisotopic (exact) mass is 393 g/mol. The van der Waals surface area contributed by atoms with Crippen LogP contribution in [0.3, 0.4) is 0 Å². The van der Waals surface area contributed by atoms with E-state index in [1.807, 2.05) is 18.2 Å². The molecule has 2 aromatic rings. The third-order valence-electron chi connectivity index (χ3n) is 5.60. The highest BCUT2D eigenvalue weighted by molar-refractivity contribution is 5.80. The minimum Gasteiger partial charge on any atom is -0.373 e. The summed E-state index contributed by atoms with van der Waals surface area (Å²) in [5, 5.41) is 6.92. The van der Waals surface area contributed by atoms with Crippen LogP contribution in [0.4, 0.5) is 0 Å². The molecule has 2 aromatic carbocycles. The zero-order valence-corrected chi connectivity index (χ0v) is 17.1. The first kappa shape index (κ1) is 19.9. The van der Waals surface area contributed by atoms with E-state index in [1.165, 1.54) is 23.1 Å². The molecule has 2 bridgehead atoms. The van der Waals surface area contributed by atoms with E-state index in [0.29, 0.717) is 38.0 Å². The number of guanidine groups is 1. The molecule has 0 aliphatic carbocycles. The fraction of sp³-hybridized carbons (Fsp3) is 0.458. The standard InChI is InChI=1S/C24H31N3O2/c1-2-25-24(27-22-14-21-12-13-23(22)29-21)26-15-18-8-10-20(11-9-18)17-28-16-19-6-4-3-5-7-19/h3-11,21-23H,2,12-17H2,1H3,(H2,25,26,27). The molecule has 4 rings (SSSR count). The minimum absolute atomic E-state index is 0.346. The maximum absolute atomic E-state index is 5.94. The van der Waals surface area contributed by atoms with Gasteiger partial charge in [0.05, 0.1) is 38.0 Å². The highest BCUT2D eigenvalue weighted by atomic mass is 16.5. The molecule has 2 N–H and O–H groups in total. The number of hydrogen-bond donors (Lipinski definition) is 2. The van der Waals surface area contributed by atoms with Gasteiger partial charge in [0.25, 0.3) is 0 Å². The average molecular weight is 394 g/mol. The fourth-order valence-electron chi connectivity index (χ4n) is 4.06. The van der Waals surface area contributed by atoms with E-state index in [4.69, 9.17) is 14.5 Å². The third kappa shape index (κ3) is 5.58. The van der Waals surface area contributed by atoms with E-state index in [-0.39, 0.29) is 0 Å². The SMILES string of the molecule is CCNC(=NCc1ccc(COCc2ccccc2)cc1)NC1CC2CCC1O2. The van der Waals surface area contributed by atoms with Crippen LogP contribution in [0, 0.1) is 0 Å². The lowest BCUT2D eigenvalue weighted by Crippen LogP contribution is -2.47. The molecule has 3 atom stereocenters. The van der Waals surface area contributed by atoms with Crippen LogP contribution in [-0.4, -0.2) is 30.8 Å². The summed E-state index contributed by atoms with van der Waals surface area (Å²) in [5.41, 5.74) is 3.57. The first-order valence-corrected chi connectivity index (χ1v) is 10.7. The lowest BCUT2D eigenvalue weighted by Gasteiger charge is -2.22. The fourth-order valence-corrected chi connectivity index (χ4v) is 4.06. The van der Waals surface area contributed by atoms with Gasteiger partial charge in [0.2, 0.25) is 0 Å². The van der Waals surface area contributed by atoms with Crippen molar-refractivity contribution in [2.45, 2.75) is 64.2 Å². The Morgan fingerprint density at radius 2 is 1.72 bits per heavy atom. The Morgan fingerprint density at radius 3 is 2.38 bits per heavy atom. The number of fused-ring (bicyclic) bond motifs is 2. The maximum atomic E-state index is 5.94. The van der Waals surface area contributed by atoms with E-state index in [0.717, 1.165) is 25.3 Å². The summed E-state index contributed by atoms with van der Waals surface area (Å²) in [6.45, 7) is 4.86. The largest absolute Gasteiger partial charge is 0.373 e. The number of nitrogens with one attached hydrogen (secondary N) is 2. The summed E-state index contributed by atoms with van der Waals surface area (Å²) in [6, 6.07) is 19.2. The first-order chi connectivity index (χ1) is 14.3. The Kier molecular flexibility index (Phi) is 6.80. The average Bonchev–Trinajstić information content (AvgIpc) is 3.37. The molecule has 3 unspecified atom stereocenters. The molecule has 0 aromatic heterocycles. The summed E-state index contributed by atoms with van der Waals surface area (Å²) in [4.78, 5) is 4.77. The van der Waals surface area contributed by atoms with E-state index in [2.05, 4.69) is 54.0 Å². The van der Waals surface area contributed by atoms with Crippen LogP contribution in [0.5, 0.6) is 0 Å². The summed E-state index contributed by atoms with van der Waals surface area (Å²) in [5.74, 6) is 0.879. The Labute approximate surface area is 173 Å². The van der Waals surface area contributed by atoms with Crippen LogP contribution in [0.15, 0.2) is 59.6 Å². The van der Waals surface area contributed by atoms with Crippen molar-refractivity contribution in [2.75, 3.05) is 6.54 Å². The van der Waals surface area contributed by atoms with Crippen molar-refractivity contribution in [2.24, 2.45) is 4.99 Å². The molecule has 0 spiro atoms. The van der Waals surface area contributed by atoms with E-state index < -0.39 is 0 Å². The lowest BCUT2D eigenvalue weighted by molar-refractivity contribution is 0.0992. The Hall–Kier alpha value is -2.37. The second-order valence-electron chi connectivity index (χ2n) is 7.85. The molecule has 0 amide bonds. The number of ether oxygens (including phenoxy) is 2. The second kappa shape index (κ2) is 9.90. The van der Waals surface area contributed by atoms with Crippen LogP contribution in [0.2, 0.25) is 0 Å². The van der Waals surface area contributed by atoms with Crippen molar-refractivity contribution in [3.63, 3.8) is 0 Å². The molecule has 2 aliphatic heterocycles. The van der Waals surface area contributed by atoms with Crippen molar-refractivity contribution in [1.82, 2.24) is 10.6 Å². The van der Waals surface area contributed by atoms with Gasteiger partial charge >= 0.3 is 0 Å². The van der Waals surface area contributed by atoms with E-state index >= 15 is 0 Å². The normalized spacial score (nSPS) is 23.3. The Bertz CT molecular complexity index is 792. The van der Waals surface area contributed by atoms with Gasteiger partial charge in [0, 0.05) is 6.54 Å². The van der Waals surface area contributed by atoms with Gasteiger partial charge in [-0.25, -0.2) is 4.99 Å². The van der Waals surface area contributed by atoms with Crippen LogP contribution < -0.4 is 10.6 Å². The van der Waals surface area contributed by atoms with Crippen LogP contribution in [-0.2, 0) is 29.2 Å². The quantitative estimate of drug-likeness (QED) is 0.529. The first-order valence-electron chi connectivity index (χ1n) is 10.7. The predicted octanol–water partition coefficient (Wildman–Crippen LogP) is 3.78. The Morgan fingerprint density at radius 1 is 1.00 bits per heavy atom. The van der Waals surface area contributed by atoms with Crippen molar-refractivity contribution in [1.29, 1.82) is 0 Å². The molecule has 154 valence electrons. The minimum atomic E-state index is 0.346. The molecule has 2 heterocycles. The summed E-state index contributed by atoms with van der Waals surface area (Å²) < 4.78 is 11.8. The zero-order chi connectivity index (χ0) is 19.9. The molecule has 5 nitrogen and oxygen atoms in total. The van der Waals surface area contributed by atoms with Crippen molar-refractivity contribution in [3.05, 3.63) is 71.3 Å². The summed E-state index contributed by atoms with van der Waals surface area (Å²) >= 11 is 0. The number of rotatable bonds is 8. The Balaban J connectivity index is 1.26. The molecule has 29 heavy (non-hydrogen) atoms. The highest BCUT2D eigenvalue weighted by Gasteiger charge is 2.41. The molecule has 5 heteroatoms. The van der Waals surface area contributed by atoms with E-state index in [1.54, 1.807) is 0 Å². The number of nitrogens with zero attached hydrogens (tertiary/aromatic N) is 1. The van der Waals surface area contributed by atoms with E-state index in [9.17, 15) is 0 Å². The second-order valence-corrected chi connectivity index (χ2v) is 7.85. The van der Waals surface area contributed by atoms with Crippen LogP contribution in [0.1, 0.15) is 42.9 Å². The molecular weight excluding hydrogens is 362 g/mol. The molecular formula is C24H31N3O2. The van der Waals surface area contributed by atoms with Crippen LogP contribution in [0.25, 0.3) is 0 Å². The van der Waals surface area contributed by atoms with Gasteiger partial charge in [-0.15, -0.1) is 0 Å². The predicted molar refractivity (Wildman–Crippen MR) is 116 cm³/mol. The molecule has 0 saturated carbocycles. The summed E-state index contributed by atoms with van der Waals surface area (Å²) in [6.07, 6.45) is 4.25.